The minimum absolute atomic E-state index is 0.283. The van der Waals surface area contributed by atoms with Crippen molar-refractivity contribution < 1.29 is 4.74 Å². The highest BCUT2D eigenvalue weighted by Crippen LogP contribution is 2.15. The van der Waals surface area contributed by atoms with Gasteiger partial charge in [-0.25, -0.2) is 0 Å². The van der Waals surface area contributed by atoms with Crippen LogP contribution in [0, 0.1) is 5.92 Å². The van der Waals surface area contributed by atoms with Crippen LogP contribution < -0.4 is 5.73 Å². The van der Waals surface area contributed by atoms with Crippen LogP contribution in [0.5, 0.6) is 0 Å². The van der Waals surface area contributed by atoms with E-state index in [1.165, 1.54) is 5.56 Å². The second-order valence-electron chi connectivity index (χ2n) is 4.97. The van der Waals surface area contributed by atoms with Crippen molar-refractivity contribution in [3.05, 3.63) is 30.1 Å². The Morgan fingerprint density at radius 3 is 2.89 bits per heavy atom. The lowest BCUT2D eigenvalue weighted by Gasteiger charge is -2.33. The Balaban J connectivity index is 1.88. The van der Waals surface area contributed by atoms with Gasteiger partial charge in [0.25, 0.3) is 0 Å². The predicted molar refractivity (Wildman–Crippen MR) is 72.1 cm³/mol. The van der Waals surface area contributed by atoms with Crippen LogP contribution in [0.3, 0.4) is 0 Å². The molecule has 0 amide bonds. The molecule has 2 rings (SSSR count). The molecule has 1 aromatic rings. The molecule has 18 heavy (non-hydrogen) atoms. The van der Waals surface area contributed by atoms with Gasteiger partial charge in [-0.1, -0.05) is 6.92 Å². The highest BCUT2D eigenvalue weighted by molar-refractivity contribution is 5.09. The molecular formula is C14H23N3O. The van der Waals surface area contributed by atoms with E-state index in [4.69, 9.17) is 10.5 Å². The molecule has 1 aliphatic rings. The first-order valence-corrected chi connectivity index (χ1v) is 6.74. The van der Waals surface area contributed by atoms with Crippen LogP contribution in [0.4, 0.5) is 0 Å². The minimum Gasteiger partial charge on any atom is -0.381 e. The summed E-state index contributed by atoms with van der Waals surface area (Å²) in [6.07, 6.45) is 4.68. The number of nitrogens with zero attached hydrogens (tertiary/aromatic N) is 2. The molecule has 4 heteroatoms. The van der Waals surface area contributed by atoms with Crippen LogP contribution in [-0.4, -0.2) is 42.2 Å². The normalized spacial score (nSPS) is 24.4. The topological polar surface area (TPSA) is 51.4 Å². The van der Waals surface area contributed by atoms with Crippen LogP contribution in [0.2, 0.25) is 0 Å². The fraction of sp³-hybridized carbons (Fsp3) is 0.643. The lowest BCUT2D eigenvalue weighted by molar-refractivity contribution is 0.0256. The highest BCUT2D eigenvalue weighted by atomic mass is 16.5. The van der Waals surface area contributed by atoms with Gasteiger partial charge in [0.1, 0.15) is 0 Å². The summed E-state index contributed by atoms with van der Waals surface area (Å²) in [5, 5.41) is 0. The van der Waals surface area contributed by atoms with E-state index in [0.29, 0.717) is 5.92 Å². The number of rotatable bonds is 5. The molecule has 100 valence electrons. The molecule has 1 fully saturated rings. The molecule has 2 heterocycles. The molecule has 0 radical (unpaired) electrons. The first-order chi connectivity index (χ1) is 8.79. The van der Waals surface area contributed by atoms with Crippen molar-refractivity contribution in [2.24, 2.45) is 11.7 Å². The van der Waals surface area contributed by atoms with Crippen molar-refractivity contribution in [3.63, 3.8) is 0 Å². The molecule has 4 nitrogen and oxygen atoms in total. The van der Waals surface area contributed by atoms with Crippen molar-refractivity contribution >= 4 is 0 Å². The van der Waals surface area contributed by atoms with Crippen LogP contribution >= 0.6 is 0 Å². The number of hydrogen-bond acceptors (Lipinski definition) is 4. The molecule has 0 spiro atoms. The average molecular weight is 249 g/mol. The highest BCUT2D eigenvalue weighted by Gasteiger charge is 2.24. The van der Waals surface area contributed by atoms with Crippen molar-refractivity contribution in [1.82, 2.24) is 9.88 Å². The van der Waals surface area contributed by atoms with E-state index in [1.54, 1.807) is 0 Å². The molecule has 2 atom stereocenters. The van der Waals surface area contributed by atoms with Gasteiger partial charge >= 0.3 is 0 Å². The Morgan fingerprint density at radius 1 is 1.44 bits per heavy atom. The van der Waals surface area contributed by atoms with Gasteiger partial charge in [0.15, 0.2) is 0 Å². The molecule has 1 aromatic heterocycles. The standard InChI is InChI=1S/C14H23N3O/c1-2-17(9-12-3-6-16-7-4-12)10-13-11-18-8-5-14(13)15/h3-4,6-7,13-14H,2,5,8-11,15H2,1H3. The molecule has 0 aromatic carbocycles. The third kappa shape index (κ3) is 3.77. The summed E-state index contributed by atoms with van der Waals surface area (Å²) in [4.78, 5) is 6.47. The largest absolute Gasteiger partial charge is 0.381 e. The Hall–Kier alpha value is -0.970. The summed E-state index contributed by atoms with van der Waals surface area (Å²) in [5.41, 5.74) is 7.46. The van der Waals surface area contributed by atoms with Gasteiger partial charge in [-0.05, 0) is 30.7 Å². The van der Waals surface area contributed by atoms with Crippen LogP contribution in [0.15, 0.2) is 24.5 Å². The van der Waals surface area contributed by atoms with E-state index < -0.39 is 0 Å². The van der Waals surface area contributed by atoms with Gasteiger partial charge in [-0.2, -0.15) is 0 Å². The summed E-state index contributed by atoms with van der Waals surface area (Å²) in [6, 6.07) is 4.42. The fourth-order valence-electron chi connectivity index (χ4n) is 2.39. The Labute approximate surface area is 109 Å². The molecule has 0 aliphatic carbocycles. The number of pyridine rings is 1. The third-order valence-electron chi connectivity index (χ3n) is 3.63. The third-order valence-corrected chi connectivity index (χ3v) is 3.63. The summed E-state index contributed by atoms with van der Waals surface area (Å²) >= 11 is 0. The van der Waals surface area contributed by atoms with Crippen molar-refractivity contribution in [2.75, 3.05) is 26.3 Å². The maximum Gasteiger partial charge on any atom is 0.0521 e. The first kappa shape index (κ1) is 13.5. The maximum atomic E-state index is 6.16. The van der Waals surface area contributed by atoms with Crippen LogP contribution in [-0.2, 0) is 11.3 Å². The molecule has 2 unspecified atom stereocenters. The van der Waals surface area contributed by atoms with Gasteiger partial charge in [0.2, 0.25) is 0 Å². The Bertz CT molecular complexity index is 344. The van der Waals surface area contributed by atoms with Gasteiger partial charge < -0.3 is 10.5 Å². The van der Waals surface area contributed by atoms with E-state index in [9.17, 15) is 0 Å². The zero-order valence-electron chi connectivity index (χ0n) is 11.1. The smallest absolute Gasteiger partial charge is 0.0521 e. The lowest BCUT2D eigenvalue weighted by Crippen LogP contribution is -2.45. The lowest BCUT2D eigenvalue weighted by atomic mass is 9.96. The predicted octanol–water partition coefficient (Wildman–Crippen LogP) is 1.27. The second kappa shape index (κ2) is 6.83. The Kier molecular flexibility index (Phi) is 5.11. The minimum atomic E-state index is 0.283. The molecule has 2 N–H and O–H groups in total. The van der Waals surface area contributed by atoms with E-state index in [1.807, 2.05) is 12.4 Å². The number of ether oxygens (including phenoxy) is 1. The number of aromatic nitrogens is 1. The SMILES string of the molecule is CCN(Cc1ccncc1)CC1COCCC1N. The zero-order chi connectivity index (χ0) is 12.8. The molecule has 1 aliphatic heterocycles. The molecular weight excluding hydrogens is 226 g/mol. The van der Waals surface area contributed by atoms with Gasteiger partial charge in [0, 0.05) is 44.0 Å². The summed E-state index contributed by atoms with van der Waals surface area (Å²) in [5.74, 6) is 0.459. The molecule has 0 saturated carbocycles. The monoisotopic (exact) mass is 249 g/mol. The van der Waals surface area contributed by atoms with Crippen molar-refractivity contribution in [1.29, 1.82) is 0 Å². The van der Waals surface area contributed by atoms with E-state index in [0.717, 1.165) is 39.3 Å². The number of hydrogen-bond donors (Lipinski definition) is 1. The summed E-state index contributed by atoms with van der Waals surface area (Å²) in [7, 11) is 0. The maximum absolute atomic E-state index is 6.16. The number of nitrogens with two attached hydrogens (primary N) is 1. The molecule has 1 saturated heterocycles. The Morgan fingerprint density at radius 2 is 2.22 bits per heavy atom. The van der Waals surface area contributed by atoms with E-state index in [-0.39, 0.29) is 6.04 Å². The van der Waals surface area contributed by atoms with Crippen LogP contribution in [0.25, 0.3) is 0 Å². The fourth-order valence-corrected chi connectivity index (χ4v) is 2.39. The van der Waals surface area contributed by atoms with E-state index >= 15 is 0 Å². The molecule has 0 bridgehead atoms. The van der Waals surface area contributed by atoms with Crippen molar-refractivity contribution in [2.45, 2.75) is 25.9 Å². The average Bonchev–Trinajstić information content (AvgIpc) is 2.41. The quantitative estimate of drug-likeness (QED) is 0.854. The van der Waals surface area contributed by atoms with Crippen LogP contribution in [0.1, 0.15) is 18.9 Å². The van der Waals surface area contributed by atoms with Gasteiger partial charge in [-0.3, -0.25) is 9.88 Å². The summed E-state index contributed by atoms with van der Waals surface area (Å²) in [6.45, 7) is 6.81. The zero-order valence-corrected chi connectivity index (χ0v) is 11.1. The second-order valence-corrected chi connectivity index (χ2v) is 4.97. The van der Waals surface area contributed by atoms with E-state index in [2.05, 4.69) is 28.9 Å². The van der Waals surface area contributed by atoms with Gasteiger partial charge in [-0.15, -0.1) is 0 Å². The first-order valence-electron chi connectivity index (χ1n) is 6.74. The van der Waals surface area contributed by atoms with Crippen molar-refractivity contribution in [3.8, 4) is 0 Å². The van der Waals surface area contributed by atoms with Gasteiger partial charge in [0.05, 0.1) is 6.61 Å². The summed E-state index contributed by atoms with van der Waals surface area (Å²) < 4.78 is 5.53.